The predicted molar refractivity (Wildman–Crippen MR) is 38.6 cm³/mol. The summed E-state index contributed by atoms with van der Waals surface area (Å²) in [7, 11) is 1.11. The number of rotatable bonds is 3. The molecule has 0 spiro atoms. The summed E-state index contributed by atoms with van der Waals surface area (Å²) in [5.74, 6) is -1.31. The van der Waals surface area contributed by atoms with Gasteiger partial charge in [-0.2, -0.15) is 0 Å². The van der Waals surface area contributed by atoms with E-state index in [9.17, 15) is 9.59 Å². The van der Waals surface area contributed by atoms with Crippen molar-refractivity contribution in [2.45, 2.75) is 19.1 Å². The Bertz CT molecular complexity index is 179. The van der Waals surface area contributed by atoms with Crippen LogP contribution in [0.4, 0.5) is 4.79 Å². The standard InChI is InChI=1S/C6H11NO5/c1-3(8)4(5(9)10)7-6(11)12-2/h3-4,8H,1-2H3,(H,7,11)(H,9,10)/t3?,4-/m0/s1. The second-order valence-corrected chi connectivity index (χ2v) is 2.19. The average molecular weight is 177 g/mol. The van der Waals surface area contributed by atoms with Crippen LogP contribution in [0.5, 0.6) is 0 Å². The van der Waals surface area contributed by atoms with Crippen molar-refractivity contribution in [3.63, 3.8) is 0 Å². The first-order valence-corrected chi connectivity index (χ1v) is 3.24. The van der Waals surface area contributed by atoms with Crippen LogP contribution in [0.3, 0.4) is 0 Å². The molecule has 0 aromatic carbocycles. The molecule has 0 heterocycles. The van der Waals surface area contributed by atoms with Gasteiger partial charge in [-0.15, -0.1) is 0 Å². The van der Waals surface area contributed by atoms with E-state index in [-0.39, 0.29) is 0 Å². The van der Waals surface area contributed by atoms with E-state index in [0.29, 0.717) is 0 Å². The zero-order valence-corrected chi connectivity index (χ0v) is 6.77. The molecule has 0 fully saturated rings. The molecule has 6 heteroatoms. The Labute approximate surface area is 69.1 Å². The number of carbonyl (C=O) groups is 2. The summed E-state index contributed by atoms with van der Waals surface area (Å²) < 4.78 is 4.16. The fourth-order valence-corrected chi connectivity index (χ4v) is 0.575. The summed E-state index contributed by atoms with van der Waals surface area (Å²) in [5.41, 5.74) is 0. The maximum absolute atomic E-state index is 10.5. The molecule has 6 nitrogen and oxygen atoms in total. The minimum absolute atomic E-state index is 0.886. The molecule has 0 bridgehead atoms. The van der Waals surface area contributed by atoms with Gasteiger partial charge in [0.2, 0.25) is 0 Å². The third kappa shape index (κ3) is 3.20. The number of aliphatic hydroxyl groups excluding tert-OH is 1. The molecule has 0 saturated heterocycles. The number of nitrogens with one attached hydrogen (secondary N) is 1. The molecule has 1 unspecified atom stereocenters. The highest BCUT2D eigenvalue weighted by Crippen LogP contribution is 1.93. The molecule has 1 amide bonds. The van der Waals surface area contributed by atoms with Gasteiger partial charge in [-0.3, -0.25) is 0 Å². The Balaban J connectivity index is 4.14. The Hall–Kier alpha value is -1.30. The summed E-state index contributed by atoms with van der Waals surface area (Å²) in [6.07, 6.45) is -2.05. The van der Waals surface area contributed by atoms with Gasteiger partial charge in [0.05, 0.1) is 13.2 Å². The van der Waals surface area contributed by atoms with Crippen LogP contribution in [0.1, 0.15) is 6.92 Å². The second kappa shape index (κ2) is 4.55. The normalized spacial score (nSPS) is 14.6. The number of carboxylic acids is 1. The molecule has 0 radical (unpaired) electrons. The van der Waals surface area contributed by atoms with Crippen molar-refractivity contribution < 1.29 is 24.5 Å². The lowest BCUT2D eigenvalue weighted by atomic mass is 10.2. The predicted octanol–water partition coefficient (Wildman–Crippen LogP) is -0.824. The van der Waals surface area contributed by atoms with E-state index in [1.165, 1.54) is 6.92 Å². The number of hydrogen-bond donors (Lipinski definition) is 3. The van der Waals surface area contributed by atoms with Gasteiger partial charge in [-0.05, 0) is 6.92 Å². The number of aliphatic hydroxyl groups is 1. The Morgan fingerprint density at radius 3 is 2.25 bits per heavy atom. The number of carboxylic acid groups (broad SMARTS) is 1. The minimum atomic E-state index is -1.34. The lowest BCUT2D eigenvalue weighted by Crippen LogP contribution is -2.47. The first-order chi connectivity index (χ1) is 5.49. The highest BCUT2D eigenvalue weighted by molar-refractivity contribution is 5.80. The van der Waals surface area contributed by atoms with Gasteiger partial charge in [-0.25, -0.2) is 9.59 Å². The zero-order valence-electron chi connectivity index (χ0n) is 6.77. The van der Waals surface area contributed by atoms with E-state index in [0.717, 1.165) is 7.11 Å². The molecular formula is C6H11NO5. The second-order valence-electron chi connectivity index (χ2n) is 2.19. The number of ether oxygens (including phenoxy) is 1. The number of alkyl carbamates (subject to hydrolysis) is 1. The molecule has 70 valence electrons. The Kier molecular flexibility index (Phi) is 4.06. The average Bonchev–Trinajstić information content (AvgIpc) is 1.98. The minimum Gasteiger partial charge on any atom is -0.480 e. The van der Waals surface area contributed by atoms with E-state index in [1.54, 1.807) is 0 Å². The van der Waals surface area contributed by atoms with Crippen LogP contribution >= 0.6 is 0 Å². The first kappa shape index (κ1) is 10.7. The quantitative estimate of drug-likeness (QED) is 0.523. The third-order valence-corrected chi connectivity index (χ3v) is 1.21. The third-order valence-electron chi connectivity index (χ3n) is 1.21. The smallest absolute Gasteiger partial charge is 0.407 e. The molecular weight excluding hydrogens is 166 g/mol. The summed E-state index contributed by atoms with van der Waals surface area (Å²) in [5, 5.41) is 19.3. The van der Waals surface area contributed by atoms with E-state index in [1.807, 2.05) is 5.32 Å². The summed E-state index contributed by atoms with van der Waals surface area (Å²) in [4.78, 5) is 20.9. The van der Waals surface area contributed by atoms with E-state index < -0.39 is 24.2 Å². The largest absolute Gasteiger partial charge is 0.480 e. The van der Waals surface area contributed by atoms with Crippen molar-refractivity contribution in [3.05, 3.63) is 0 Å². The van der Waals surface area contributed by atoms with Gasteiger partial charge in [0.15, 0.2) is 6.04 Å². The van der Waals surface area contributed by atoms with Gasteiger partial charge < -0.3 is 20.3 Å². The van der Waals surface area contributed by atoms with Crippen molar-refractivity contribution in [1.82, 2.24) is 5.32 Å². The highest BCUT2D eigenvalue weighted by Gasteiger charge is 2.24. The number of carbonyl (C=O) groups excluding carboxylic acids is 1. The Morgan fingerprint density at radius 1 is 1.50 bits per heavy atom. The molecule has 12 heavy (non-hydrogen) atoms. The number of amides is 1. The molecule has 3 N–H and O–H groups in total. The van der Waals surface area contributed by atoms with E-state index in [4.69, 9.17) is 10.2 Å². The van der Waals surface area contributed by atoms with Crippen molar-refractivity contribution >= 4 is 12.1 Å². The number of methoxy groups -OCH3 is 1. The van der Waals surface area contributed by atoms with E-state index >= 15 is 0 Å². The maximum atomic E-state index is 10.5. The fraction of sp³-hybridized carbons (Fsp3) is 0.667. The fourth-order valence-electron chi connectivity index (χ4n) is 0.575. The first-order valence-electron chi connectivity index (χ1n) is 3.24. The summed E-state index contributed by atoms with van der Waals surface area (Å²) in [6, 6.07) is -1.34. The molecule has 0 saturated carbocycles. The summed E-state index contributed by atoms with van der Waals surface area (Å²) in [6.45, 7) is 1.26. The lowest BCUT2D eigenvalue weighted by Gasteiger charge is -2.15. The molecule has 0 aliphatic rings. The van der Waals surface area contributed by atoms with Gasteiger partial charge in [-0.1, -0.05) is 0 Å². The van der Waals surface area contributed by atoms with Crippen molar-refractivity contribution in [3.8, 4) is 0 Å². The van der Waals surface area contributed by atoms with Gasteiger partial charge in [0.1, 0.15) is 0 Å². The van der Waals surface area contributed by atoms with Crippen LogP contribution in [0.15, 0.2) is 0 Å². The number of aliphatic carboxylic acids is 1. The molecule has 0 aromatic rings. The molecule has 0 aliphatic carbocycles. The van der Waals surface area contributed by atoms with Crippen LogP contribution in [-0.2, 0) is 9.53 Å². The Morgan fingerprint density at radius 2 is 2.00 bits per heavy atom. The van der Waals surface area contributed by atoms with Crippen LogP contribution in [0, 0.1) is 0 Å². The SMILES string of the molecule is COC(=O)N[C@H](C(=O)O)C(C)O. The molecule has 2 atom stereocenters. The highest BCUT2D eigenvalue weighted by atomic mass is 16.5. The number of hydrogen-bond acceptors (Lipinski definition) is 4. The topological polar surface area (TPSA) is 95.9 Å². The monoisotopic (exact) mass is 177 g/mol. The van der Waals surface area contributed by atoms with Crippen molar-refractivity contribution in [2.75, 3.05) is 7.11 Å². The van der Waals surface area contributed by atoms with Gasteiger partial charge >= 0.3 is 12.1 Å². The molecule has 0 aliphatic heterocycles. The zero-order chi connectivity index (χ0) is 9.72. The lowest BCUT2D eigenvalue weighted by molar-refractivity contribution is -0.141. The van der Waals surface area contributed by atoms with Crippen molar-refractivity contribution in [1.29, 1.82) is 0 Å². The van der Waals surface area contributed by atoms with Gasteiger partial charge in [0, 0.05) is 0 Å². The van der Waals surface area contributed by atoms with Crippen LogP contribution in [0.25, 0.3) is 0 Å². The van der Waals surface area contributed by atoms with Crippen LogP contribution < -0.4 is 5.32 Å². The summed E-state index contributed by atoms with van der Waals surface area (Å²) >= 11 is 0. The maximum Gasteiger partial charge on any atom is 0.407 e. The molecule has 0 rings (SSSR count). The van der Waals surface area contributed by atoms with Crippen molar-refractivity contribution in [2.24, 2.45) is 0 Å². The van der Waals surface area contributed by atoms with E-state index in [2.05, 4.69) is 4.74 Å². The van der Waals surface area contributed by atoms with Crippen LogP contribution in [0.2, 0.25) is 0 Å². The van der Waals surface area contributed by atoms with Crippen LogP contribution in [-0.4, -0.2) is 41.5 Å². The van der Waals surface area contributed by atoms with Gasteiger partial charge in [0.25, 0.3) is 0 Å². The molecule has 0 aromatic heterocycles.